The number of aromatic carboxylic acids is 1. The lowest BCUT2D eigenvalue weighted by atomic mass is 9.98. The van der Waals surface area contributed by atoms with Gasteiger partial charge in [0.1, 0.15) is 12.4 Å². The number of carbonyl (C=O) groups is 1. The fraction of sp³-hybridized carbons (Fsp3) is 0.355. The number of ether oxygens (including phenoxy) is 2. The molecule has 1 saturated heterocycles. The largest absolute Gasteiger partial charge is 0.478 e. The standard InChI is InChI=1S/C31H31F3N4O4/c32-31(33,34)23-4-1-3-20(15-23)19-42-29-6-2-5-25(36-29)21-9-12-37(13-10-21)18-28-35-26-8-7-22(30(39)40)16-27(26)38(28)17-24-11-14-41-24/h1-9,15-16,24-25,36H,10-14,17-19H2,(H,39,40). The van der Waals surface area contributed by atoms with E-state index in [0.717, 1.165) is 61.5 Å². The number of rotatable bonds is 9. The van der Waals surface area contributed by atoms with Crippen molar-refractivity contribution in [2.75, 3.05) is 19.7 Å². The second-order valence-corrected chi connectivity index (χ2v) is 10.7. The van der Waals surface area contributed by atoms with Crippen LogP contribution in [0.5, 0.6) is 0 Å². The monoisotopic (exact) mass is 580 g/mol. The topological polar surface area (TPSA) is 88.9 Å². The Morgan fingerprint density at radius 3 is 2.79 bits per heavy atom. The molecule has 11 heteroatoms. The molecule has 42 heavy (non-hydrogen) atoms. The third-order valence-corrected chi connectivity index (χ3v) is 7.84. The molecule has 2 aromatic carbocycles. The Bertz CT molecular complexity index is 1570. The van der Waals surface area contributed by atoms with Gasteiger partial charge in [0.25, 0.3) is 0 Å². The zero-order chi connectivity index (χ0) is 29.3. The van der Waals surface area contributed by atoms with Crippen molar-refractivity contribution in [2.45, 2.75) is 50.9 Å². The van der Waals surface area contributed by atoms with E-state index in [1.165, 1.54) is 11.6 Å². The number of hydrogen-bond donors (Lipinski definition) is 2. The van der Waals surface area contributed by atoms with Gasteiger partial charge in [-0.15, -0.1) is 0 Å². The van der Waals surface area contributed by atoms with Crippen molar-refractivity contribution in [3.05, 3.63) is 101 Å². The smallest absolute Gasteiger partial charge is 0.416 e. The van der Waals surface area contributed by atoms with Crippen molar-refractivity contribution >= 4 is 17.0 Å². The third kappa shape index (κ3) is 6.22. The number of nitrogens with one attached hydrogen (secondary N) is 1. The van der Waals surface area contributed by atoms with Crippen molar-refractivity contribution in [3.63, 3.8) is 0 Å². The van der Waals surface area contributed by atoms with Crippen LogP contribution in [0.3, 0.4) is 0 Å². The van der Waals surface area contributed by atoms with Crippen LogP contribution in [0.15, 0.2) is 78.2 Å². The number of nitrogens with zero attached hydrogens (tertiary/aromatic N) is 3. The van der Waals surface area contributed by atoms with E-state index in [-0.39, 0.29) is 24.3 Å². The second-order valence-electron chi connectivity index (χ2n) is 10.7. The molecule has 3 aromatic rings. The van der Waals surface area contributed by atoms with E-state index in [4.69, 9.17) is 14.5 Å². The van der Waals surface area contributed by atoms with Gasteiger partial charge in [-0.05, 0) is 60.4 Å². The molecule has 1 aromatic heterocycles. The van der Waals surface area contributed by atoms with Crippen LogP contribution in [0.2, 0.25) is 0 Å². The number of dihydropyridines is 1. The summed E-state index contributed by atoms with van der Waals surface area (Å²) in [6.45, 7) is 3.55. The van der Waals surface area contributed by atoms with Crippen molar-refractivity contribution in [1.29, 1.82) is 0 Å². The summed E-state index contributed by atoms with van der Waals surface area (Å²) < 4.78 is 52.7. The van der Waals surface area contributed by atoms with E-state index in [9.17, 15) is 23.1 Å². The van der Waals surface area contributed by atoms with Gasteiger partial charge in [-0.25, -0.2) is 9.78 Å². The summed E-state index contributed by atoms with van der Waals surface area (Å²) in [5, 5.41) is 12.8. The van der Waals surface area contributed by atoms with Gasteiger partial charge in [0.2, 0.25) is 0 Å². The van der Waals surface area contributed by atoms with E-state index in [0.29, 0.717) is 24.5 Å². The highest BCUT2D eigenvalue weighted by Gasteiger charge is 2.30. The third-order valence-electron chi connectivity index (χ3n) is 7.84. The van der Waals surface area contributed by atoms with E-state index in [2.05, 4.69) is 20.9 Å². The molecule has 8 nitrogen and oxygen atoms in total. The molecule has 0 amide bonds. The molecule has 3 aliphatic rings. The average molecular weight is 581 g/mol. The number of carboxylic acid groups (broad SMARTS) is 1. The van der Waals surface area contributed by atoms with Gasteiger partial charge in [-0.2, -0.15) is 13.2 Å². The molecular weight excluding hydrogens is 549 g/mol. The van der Waals surface area contributed by atoms with Gasteiger partial charge in [0, 0.05) is 19.7 Å². The maximum atomic E-state index is 13.0. The van der Waals surface area contributed by atoms with Crippen molar-refractivity contribution < 1.29 is 32.5 Å². The molecule has 0 aliphatic carbocycles. The van der Waals surface area contributed by atoms with Gasteiger partial charge in [-0.1, -0.05) is 30.4 Å². The molecule has 0 saturated carbocycles. The second kappa shape index (κ2) is 11.7. The van der Waals surface area contributed by atoms with E-state index >= 15 is 0 Å². The van der Waals surface area contributed by atoms with E-state index in [1.807, 2.05) is 12.2 Å². The quantitative estimate of drug-likeness (QED) is 0.334. The summed E-state index contributed by atoms with van der Waals surface area (Å²) in [5.41, 5.74) is 2.76. The summed E-state index contributed by atoms with van der Waals surface area (Å²) in [6, 6.07) is 10.1. The Morgan fingerprint density at radius 2 is 2.07 bits per heavy atom. The van der Waals surface area contributed by atoms with Crippen LogP contribution >= 0.6 is 0 Å². The number of allylic oxidation sites excluding steroid dienone is 2. The molecule has 6 rings (SSSR count). The fourth-order valence-electron chi connectivity index (χ4n) is 5.42. The zero-order valence-corrected chi connectivity index (χ0v) is 22.8. The molecule has 2 atom stereocenters. The number of hydrogen-bond acceptors (Lipinski definition) is 6. The van der Waals surface area contributed by atoms with E-state index < -0.39 is 17.7 Å². The zero-order valence-electron chi connectivity index (χ0n) is 22.8. The lowest BCUT2D eigenvalue weighted by molar-refractivity contribution is -0.137. The van der Waals surface area contributed by atoms with Gasteiger partial charge >= 0.3 is 12.1 Å². The van der Waals surface area contributed by atoms with Crippen LogP contribution in [-0.2, 0) is 35.3 Å². The van der Waals surface area contributed by atoms with Crippen LogP contribution in [-0.4, -0.2) is 57.4 Å². The molecule has 0 spiro atoms. The minimum Gasteiger partial charge on any atom is -0.478 e. The Labute approximate surface area is 240 Å². The van der Waals surface area contributed by atoms with Gasteiger partial charge in [0.05, 0.1) is 47.4 Å². The minimum atomic E-state index is -4.39. The molecule has 220 valence electrons. The lowest BCUT2D eigenvalue weighted by Gasteiger charge is -2.31. The Hall–Kier alpha value is -4.09. The highest BCUT2D eigenvalue weighted by Crippen LogP contribution is 2.30. The van der Waals surface area contributed by atoms with Crippen LogP contribution < -0.4 is 5.32 Å². The van der Waals surface area contributed by atoms with Crippen molar-refractivity contribution in [1.82, 2.24) is 19.8 Å². The molecule has 4 heterocycles. The van der Waals surface area contributed by atoms with E-state index in [1.54, 1.807) is 30.3 Å². The van der Waals surface area contributed by atoms with Gasteiger partial charge < -0.3 is 24.5 Å². The highest BCUT2D eigenvalue weighted by atomic mass is 19.4. The Morgan fingerprint density at radius 1 is 1.21 bits per heavy atom. The number of alkyl halides is 3. The average Bonchev–Trinajstić information content (AvgIpc) is 3.30. The maximum absolute atomic E-state index is 13.0. The molecule has 2 unspecified atom stereocenters. The highest BCUT2D eigenvalue weighted by molar-refractivity contribution is 5.92. The molecule has 0 bridgehead atoms. The van der Waals surface area contributed by atoms with Crippen molar-refractivity contribution in [2.24, 2.45) is 0 Å². The maximum Gasteiger partial charge on any atom is 0.416 e. The predicted octanol–water partition coefficient (Wildman–Crippen LogP) is 5.26. The van der Waals surface area contributed by atoms with Gasteiger partial charge in [-0.3, -0.25) is 4.90 Å². The molecule has 0 radical (unpaired) electrons. The number of benzene rings is 2. The van der Waals surface area contributed by atoms with Crippen LogP contribution in [0, 0.1) is 0 Å². The number of fused-ring (bicyclic) bond motifs is 1. The summed E-state index contributed by atoms with van der Waals surface area (Å²) in [6.07, 6.45) is 5.38. The van der Waals surface area contributed by atoms with Crippen molar-refractivity contribution in [3.8, 4) is 0 Å². The first kappa shape index (κ1) is 28.0. The summed E-state index contributed by atoms with van der Waals surface area (Å²) >= 11 is 0. The first-order chi connectivity index (χ1) is 20.2. The predicted molar refractivity (Wildman–Crippen MR) is 149 cm³/mol. The summed E-state index contributed by atoms with van der Waals surface area (Å²) in [7, 11) is 0. The molecule has 1 fully saturated rings. The first-order valence-electron chi connectivity index (χ1n) is 13.9. The molecule has 2 N–H and O–H groups in total. The SMILES string of the molecule is O=C(O)c1ccc2nc(CN3CC=C(C4C=CC=C(OCc5cccc(C(F)(F)F)c5)N4)CC3)n(CC3CCO3)c2c1. The lowest BCUT2D eigenvalue weighted by Crippen LogP contribution is -2.37. The first-order valence-corrected chi connectivity index (χ1v) is 13.9. The van der Waals surface area contributed by atoms with Crippen LogP contribution in [0.25, 0.3) is 11.0 Å². The molecule has 3 aliphatic heterocycles. The Kier molecular flexibility index (Phi) is 7.78. The summed E-state index contributed by atoms with van der Waals surface area (Å²) in [5.74, 6) is 0.420. The fourth-order valence-corrected chi connectivity index (χ4v) is 5.42. The van der Waals surface area contributed by atoms with Crippen LogP contribution in [0.1, 0.15) is 40.2 Å². The van der Waals surface area contributed by atoms with Gasteiger partial charge in [0.15, 0.2) is 5.88 Å². The minimum absolute atomic E-state index is 0.0248. The number of halogens is 3. The normalized spacial score (nSPS) is 20.9. The number of aromatic nitrogens is 2. The Balaban J connectivity index is 1.09. The number of carboxylic acids is 1. The molecular formula is C31H31F3N4O4. The number of imidazole rings is 1. The summed E-state index contributed by atoms with van der Waals surface area (Å²) in [4.78, 5) is 18.7. The van der Waals surface area contributed by atoms with Crippen LogP contribution in [0.4, 0.5) is 13.2 Å².